The van der Waals surface area contributed by atoms with E-state index in [4.69, 9.17) is 11.6 Å². The van der Waals surface area contributed by atoms with Gasteiger partial charge in [0, 0.05) is 11.2 Å². The Hall–Kier alpha value is 0.770. The monoisotopic (exact) mass is 352 g/mol. The standard InChI is InChI=1S/C17H34BrCl/c18-16-14-12-10-8-6-4-2-1-3-5-7-9-11-13-15-17-19/h1-17H2. The third kappa shape index (κ3) is 18.8. The lowest BCUT2D eigenvalue weighted by molar-refractivity contribution is 0.535. The first-order valence-corrected chi connectivity index (χ1v) is 10.2. The molecule has 0 atom stereocenters. The van der Waals surface area contributed by atoms with Gasteiger partial charge in [-0.15, -0.1) is 11.6 Å². The molecule has 0 spiro atoms. The minimum atomic E-state index is 0.843. The Morgan fingerprint density at radius 3 is 0.947 bits per heavy atom. The number of alkyl halides is 2. The van der Waals surface area contributed by atoms with Crippen molar-refractivity contribution in [2.75, 3.05) is 11.2 Å². The van der Waals surface area contributed by atoms with Crippen LogP contribution in [0.1, 0.15) is 96.3 Å². The van der Waals surface area contributed by atoms with Gasteiger partial charge in [-0.05, 0) is 12.8 Å². The molecule has 0 fully saturated rings. The van der Waals surface area contributed by atoms with Gasteiger partial charge in [0.2, 0.25) is 0 Å². The van der Waals surface area contributed by atoms with Crippen LogP contribution >= 0.6 is 27.5 Å². The summed E-state index contributed by atoms with van der Waals surface area (Å²) in [5.74, 6) is 0.843. The van der Waals surface area contributed by atoms with Crippen LogP contribution < -0.4 is 0 Å². The lowest BCUT2D eigenvalue weighted by Gasteiger charge is -2.03. The maximum absolute atomic E-state index is 5.66. The molecule has 0 unspecified atom stereocenters. The van der Waals surface area contributed by atoms with Crippen LogP contribution in [0.15, 0.2) is 0 Å². The van der Waals surface area contributed by atoms with Crippen LogP contribution in [-0.2, 0) is 0 Å². The lowest BCUT2D eigenvalue weighted by atomic mass is 10.0. The maximum atomic E-state index is 5.66. The van der Waals surface area contributed by atoms with Crippen LogP contribution in [0.5, 0.6) is 0 Å². The first-order valence-electron chi connectivity index (χ1n) is 8.53. The average Bonchev–Trinajstić information content (AvgIpc) is 2.43. The highest BCUT2D eigenvalue weighted by Gasteiger charge is 1.94. The molecule has 0 aromatic carbocycles. The lowest BCUT2D eigenvalue weighted by Crippen LogP contribution is -1.84. The van der Waals surface area contributed by atoms with Crippen LogP contribution in [-0.4, -0.2) is 11.2 Å². The smallest absolute Gasteiger partial charge is 0.0223 e. The second kappa shape index (κ2) is 18.8. The second-order valence-electron chi connectivity index (χ2n) is 5.68. The van der Waals surface area contributed by atoms with Gasteiger partial charge < -0.3 is 0 Å². The van der Waals surface area contributed by atoms with E-state index in [0.717, 1.165) is 5.88 Å². The molecule has 0 radical (unpaired) electrons. The van der Waals surface area contributed by atoms with Gasteiger partial charge in [0.05, 0.1) is 0 Å². The van der Waals surface area contributed by atoms with Crippen LogP contribution in [0.2, 0.25) is 0 Å². The van der Waals surface area contributed by atoms with E-state index in [-0.39, 0.29) is 0 Å². The number of hydrogen-bond donors (Lipinski definition) is 0. The molecule has 0 aromatic rings. The molecule has 0 aromatic heterocycles. The van der Waals surface area contributed by atoms with Gasteiger partial charge in [0.1, 0.15) is 0 Å². The molecule has 0 aliphatic heterocycles. The van der Waals surface area contributed by atoms with E-state index in [0.29, 0.717) is 0 Å². The number of hydrogen-bond acceptors (Lipinski definition) is 0. The first-order chi connectivity index (χ1) is 9.41. The molecular formula is C17H34BrCl. The zero-order valence-electron chi connectivity index (χ0n) is 12.8. The molecule has 0 saturated carbocycles. The summed E-state index contributed by atoms with van der Waals surface area (Å²) in [6, 6.07) is 0. The zero-order chi connectivity index (χ0) is 14.0. The molecule has 0 amide bonds. The van der Waals surface area contributed by atoms with E-state index in [1.165, 1.54) is 102 Å². The van der Waals surface area contributed by atoms with E-state index < -0.39 is 0 Å². The zero-order valence-corrected chi connectivity index (χ0v) is 15.1. The third-order valence-corrected chi connectivity index (χ3v) is 4.60. The molecule has 0 nitrogen and oxygen atoms in total. The summed E-state index contributed by atoms with van der Waals surface area (Å²) < 4.78 is 0. The summed E-state index contributed by atoms with van der Waals surface area (Å²) in [5.41, 5.74) is 0. The number of halogens is 2. The van der Waals surface area contributed by atoms with Crippen molar-refractivity contribution in [3.63, 3.8) is 0 Å². The fraction of sp³-hybridized carbons (Fsp3) is 1.00. The molecular weight excluding hydrogens is 320 g/mol. The minimum Gasteiger partial charge on any atom is -0.127 e. The summed E-state index contributed by atoms with van der Waals surface area (Å²) in [6.45, 7) is 0. The van der Waals surface area contributed by atoms with Crippen LogP contribution in [0.4, 0.5) is 0 Å². The van der Waals surface area contributed by atoms with Crippen molar-refractivity contribution in [1.82, 2.24) is 0 Å². The predicted octanol–water partition coefficient (Wildman–Crippen LogP) is 7.47. The normalized spacial score (nSPS) is 11.1. The molecule has 0 N–H and O–H groups in total. The quantitative estimate of drug-likeness (QED) is 0.199. The summed E-state index contributed by atoms with van der Waals surface area (Å²) in [5, 5.41) is 1.18. The minimum absolute atomic E-state index is 0.843. The Morgan fingerprint density at radius 1 is 0.421 bits per heavy atom. The Morgan fingerprint density at radius 2 is 0.684 bits per heavy atom. The van der Waals surface area contributed by atoms with E-state index >= 15 is 0 Å². The maximum Gasteiger partial charge on any atom is 0.0223 e. The fourth-order valence-corrected chi connectivity index (χ4v) is 3.07. The SMILES string of the molecule is ClCCCCCCCCCCCCCCCCCBr. The summed E-state index contributed by atoms with van der Waals surface area (Å²) in [4.78, 5) is 0. The average molecular weight is 354 g/mol. The summed E-state index contributed by atoms with van der Waals surface area (Å²) in [6.07, 6.45) is 21.2. The topological polar surface area (TPSA) is 0 Å². The first kappa shape index (κ1) is 19.8. The Kier molecular flexibility index (Phi) is 19.5. The van der Waals surface area contributed by atoms with Crippen LogP contribution in [0.3, 0.4) is 0 Å². The van der Waals surface area contributed by atoms with Crippen molar-refractivity contribution >= 4 is 27.5 Å². The highest BCUT2D eigenvalue weighted by atomic mass is 79.9. The Balaban J connectivity index is 2.88. The van der Waals surface area contributed by atoms with Crippen molar-refractivity contribution in [2.45, 2.75) is 96.3 Å². The van der Waals surface area contributed by atoms with E-state index in [9.17, 15) is 0 Å². The highest BCUT2D eigenvalue weighted by molar-refractivity contribution is 9.09. The molecule has 116 valence electrons. The molecule has 0 saturated heterocycles. The Bertz CT molecular complexity index is 134. The van der Waals surface area contributed by atoms with Gasteiger partial charge in [-0.2, -0.15) is 0 Å². The van der Waals surface area contributed by atoms with Crippen molar-refractivity contribution < 1.29 is 0 Å². The van der Waals surface area contributed by atoms with Crippen LogP contribution in [0, 0.1) is 0 Å². The molecule has 0 aliphatic carbocycles. The second-order valence-corrected chi connectivity index (χ2v) is 6.85. The molecule has 0 bridgehead atoms. The van der Waals surface area contributed by atoms with E-state index in [2.05, 4.69) is 15.9 Å². The number of rotatable bonds is 16. The van der Waals surface area contributed by atoms with Gasteiger partial charge in [-0.1, -0.05) is 99.4 Å². The van der Waals surface area contributed by atoms with Crippen molar-refractivity contribution in [3.05, 3.63) is 0 Å². The predicted molar refractivity (Wildman–Crippen MR) is 93.8 cm³/mol. The van der Waals surface area contributed by atoms with Gasteiger partial charge in [-0.25, -0.2) is 0 Å². The van der Waals surface area contributed by atoms with Crippen molar-refractivity contribution in [3.8, 4) is 0 Å². The molecule has 0 heterocycles. The van der Waals surface area contributed by atoms with Crippen molar-refractivity contribution in [2.24, 2.45) is 0 Å². The van der Waals surface area contributed by atoms with Gasteiger partial charge in [-0.3, -0.25) is 0 Å². The Labute approximate surface area is 135 Å². The van der Waals surface area contributed by atoms with Gasteiger partial charge >= 0.3 is 0 Å². The third-order valence-electron chi connectivity index (χ3n) is 3.77. The van der Waals surface area contributed by atoms with Gasteiger partial charge in [0.25, 0.3) is 0 Å². The largest absolute Gasteiger partial charge is 0.127 e. The van der Waals surface area contributed by atoms with E-state index in [1.807, 2.05) is 0 Å². The van der Waals surface area contributed by atoms with Crippen LogP contribution in [0.25, 0.3) is 0 Å². The van der Waals surface area contributed by atoms with E-state index in [1.54, 1.807) is 0 Å². The number of unbranched alkanes of at least 4 members (excludes halogenated alkanes) is 14. The van der Waals surface area contributed by atoms with Crippen molar-refractivity contribution in [1.29, 1.82) is 0 Å². The molecule has 19 heavy (non-hydrogen) atoms. The molecule has 2 heteroatoms. The van der Waals surface area contributed by atoms with Gasteiger partial charge in [0.15, 0.2) is 0 Å². The summed E-state index contributed by atoms with van der Waals surface area (Å²) in [7, 11) is 0. The fourth-order valence-electron chi connectivity index (χ4n) is 2.49. The highest BCUT2D eigenvalue weighted by Crippen LogP contribution is 2.13. The summed E-state index contributed by atoms with van der Waals surface area (Å²) >= 11 is 9.14. The molecule has 0 aliphatic rings. The molecule has 0 rings (SSSR count).